The Kier molecular flexibility index (Phi) is 13.6. The third kappa shape index (κ3) is 8.01. The van der Waals surface area contributed by atoms with Crippen LogP contribution in [-0.4, -0.2) is 68.3 Å². The summed E-state index contributed by atoms with van der Waals surface area (Å²) in [6, 6.07) is 0. The van der Waals surface area contributed by atoms with Gasteiger partial charge in [0.2, 0.25) is 5.91 Å². The average Bonchev–Trinajstić information content (AvgIpc) is 3.51. The number of allylic oxidation sites excluding steroid dienone is 1. The highest BCUT2D eigenvalue weighted by Crippen LogP contribution is 2.77. The molecular weight excluding hydrogens is 665 g/mol. The van der Waals surface area contributed by atoms with Gasteiger partial charge in [-0.05, 0) is 175 Å². The summed E-state index contributed by atoms with van der Waals surface area (Å²) in [5.41, 5.74) is 6.29. The lowest BCUT2D eigenvalue weighted by atomic mass is 9.32. The molecule has 0 aromatic rings. The van der Waals surface area contributed by atoms with E-state index in [0.717, 1.165) is 123 Å². The molecule has 0 spiro atoms. The normalized spacial score (nSPS) is 38.5. The van der Waals surface area contributed by atoms with Crippen LogP contribution in [0.5, 0.6) is 0 Å². The van der Waals surface area contributed by atoms with Crippen LogP contribution in [0.4, 0.5) is 0 Å². The van der Waals surface area contributed by atoms with E-state index in [-0.39, 0.29) is 58.4 Å². The van der Waals surface area contributed by atoms with Gasteiger partial charge in [-0.2, -0.15) is 0 Å². The second-order valence-electron chi connectivity index (χ2n) is 19.5. The third-order valence-corrected chi connectivity index (χ3v) is 16.6. The second-order valence-corrected chi connectivity index (χ2v) is 19.5. The fraction of sp³-hybridized carbons (Fsp3) is 0.886. The first-order chi connectivity index (χ1) is 25.1. The van der Waals surface area contributed by atoms with E-state index in [9.17, 15) is 19.5 Å². The number of ether oxygens (including phenoxy) is 1. The van der Waals surface area contributed by atoms with Gasteiger partial charge in [0.1, 0.15) is 6.10 Å². The summed E-state index contributed by atoms with van der Waals surface area (Å²) in [5.74, 6) is 0.971. The number of nitrogens with two attached hydrogens (primary N) is 1. The van der Waals surface area contributed by atoms with Gasteiger partial charge in [0.05, 0.1) is 11.8 Å². The first-order valence-electron chi connectivity index (χ1n) is 21.5. The highest BCUT2D eigenvalue weighted by atomic mass is 16.5. The minimum atomic E-state index is -0.595. The number of unbranched alkanes of at least 4 members (excludes halogenated alkanes) is 1. The molecule has 5 rings (SSSR count). The molecule has 5 saturated carbocycles. The van der Waals surface area contributed by atoms with Crippen LogP contribution in [0.3, 0.4) is 0 Å². The van der Waals surface area contributed by atoms with E-state index in [2.05, 4.69) is 64.1 Å². The monoisotopic (exact) mass is 741 g/mol. The molecule has 302 valence electrons. The Morgan fingerprint density at radius 1 is 0.755 bits per heavy atom. The van der Waals surface area contributed by atoms with Crippen molar-refractivity contribution in [2.45, 2.75) is 150 Å². The zero-order chi connectivity index (χ0) is 38.7. The van der Waals surface area contributed by atoms with Gasteiger partial charge in [0.15, 0.2) is 0 Å². The van der Waals surface area contributed by atoms with Crippen molar-refractivity contribution in [2.24, 2.45) is 62.4 Å². The number of esters is 1. The Labute approximate surface area is 321 Å². The maximum atomic E-state index is 13.2. The van der Waals surface area contributed by atoms with Crippen LogP contribution >= 0.6 is 0 Å². The lowest BCUT2D eigenvalue weighted by molar-refractivity contribution is -0.250. The molecule has 5 fully saturated rings. The summed E-state index contributed by atoms with van der Waals surface area (Å²) in [5, 5.41) is 20.5. The Morgan fingerprint density at radius 3 is 2.09 bits per heavy atom. The number of carbonyl (C=O) groups is 3. The fourth-order valence-electron chi connectivity index (χ4n) is 13.6. The van der Waals surface area contributed by atoms with E-state index in [0.29, 0.717) is 30.2 Å². The Morgan fingerprint density at radius 2 is 1.43 bits per heavy atom. The van der Waals surface area contributed by atoms with Crippen molar-refractivity contribution in [1.29, 1.82) is 0 Å². The second kappa shape index (κ2) is 17.0. The van der Waals surface area contributed by atoms with Gasteiger partial charge in [0, 0.05) is 18.4 Å². The first kappa shape index (κ1) is 42.2. The molecule has 0 unspecified atom stereocenters. The van der Waals surface area contributed by atoms with Gasteiger partial charge in [-0.3, -0.25) is 14.4 Å². The van der Waals surface area contributed by atoms with Crippen molar-refractivity contribution in [3.63, 3.8) is 0 Å². The van der Waals surface area contributed by atoms with E-state index >= 15 is 0 Å². The van der Waals surface area contributed by atoms with Crippen molar-refractivity contribution in [2.75, 3.05) is 39.3 Å². The predicted molar refractivity (Wildman–Crippen MR) is 212 cm³/mol. The van der Waals surface area contributed by atoms with E-state index in [1.54, 1.807) is 0 Å². The maximum absolute atomic E-state index is 13.2. The van der Waals surface area contributed by atoms with Gasteiger partial charge in [-0.1, -0.05) is 46.8 Å². The number of aliphatic carboxylic acids is 1. The van der Waals surface area contributed by atoms with Crippen molar-refractivity contribution in [3.05, 3.63) is 12.2 Å². The molecular formula is C44H76N4O5. The summed E-state index contributed by atoms with van der Waals surface area (Å²) in [4.78, 5) is 38.7. The van der Waals surface area contributed by atoms with Crippen LogP contribution in [-0.2, 0) is 19.1 Å². The van der Waals surface area contributed by atoms with E-state index < -0.39 is 11.4 Å². The van der Waals surface area contributed by atoms with Gasteiger partial charge >= 0.3 is 11.9 Å². The molecule has 0 saturated heterocycles. The summed E-state index contributed by atoms with van der Waals surface area (Å²) in [6.07, 6.45) is 14.2. The molecule has 0 aromatic carbocycles. The van der Waals surface area contributed by atoms with Gasteiger partial charge in [-0.25, -0.2) is 0 Å². The van der Waals surface area contributed by atoms with Crippen LogP contribution in [0.2, 0.25) is 0 Å². The standard InChI is InChI=1S/C44H76N4O5/c1-30(2)31-16-21-44(39(51)52)23-22-42(6)32(38(31)44)12-13-34-41(5)19-18-35(40(3,4)33(41)17-20-43(34,42)7)53-37(50)15-14-36(49)48-29-11-28-47-26-9-8-25-46-27-10-24-45/h31-35,38,46-47H,1,8-29,45H2,2-7H3,(H,48,49)(H,51,52)/t31-,32+,33-,34+,35-,38+,41-,42+,43+,44-/m0/s1. The van der Waals surface area contributed by atoms with Crippen LogP contribution in [0.15, 0.2) is 12.2 Å². The summed E-state index contributed by atoms with van der Waals surface area (Å²) in [7, 11) is 0. The molecule has 1 amide bonds. The minimum Gasteiger partial charge on any atom is -0.481 e. The SMILES string of the molecule is C=C(C)[C@@H]1CC[C@]2(C(=O)O)CC[C@]3(C)[C@H](CC[C@@H]4[C@@]5(C)CC[C@H](OC(=O)CCC(=O)NCCCNCCCCNCCCN)C(C)(C)[C@@H]5CC[C@]43C)[C@@H]12. The van der Waals surface area contributed by atoms with Crippen LogP contribution < -0.4 is 21.7 Å². The number of hydrogen-bond acceptors (Lipinski definition) is 7. The largest absolute Gasteiger partial charge is 0.481 e. The number of carboxylic acid groups (broad SMARTS) is 1. The lowest BCUT2D eigenvalue weighted by Crippen LogP contribution is -2.67. The number of fused-ring (bicyclic) bond motifs is 7. The topological polar surface area (TPSA) is 143 Å². The molecule has 0 radical (unpaired) electrons. The fourth-order valence-corrected chi connectivity index (χ4v) is 13.6. The number of nitrogens with one attached hydrogen (secondary N) is 3. The molecule has 5 aliphatic rings. The number of rotatable bonds is 18. The molecule has 0 heterocycles. The Hall–Kier alpha value is -1.97. The highest BCUT2D eigenvalue weighted by Gasteiger charge is 2.72. The first-order valence-corrected chi connectivity index (χ1v) is 21.5. The maximum Gasteiger partial charge on any atom is 0.309 e. The highest BCUT2D eigenvalue weighted by molar-refractivity contribution is 5.81. The predicted octanol–water partition coefficient (Wildman–Crippen LogP) is 7.24. The summed E-state index contributed by atoms with van der Waals surface area (Å²) in [6.45, 7) is 24.0. The molecule has 53 heavy (non-hydrogen) atoms. The third-order valence-electron chi connectivity index (χ3n) is 16.6. The average molecular weight is 741 g/mol. The number of hydrogen-bond donors (Lipinski definition) is 5. The van der Waals surface area contributed by atoms with Crippen molar-refractivity contribution >= 4 is 17.8 Å². The molecule has 9 heteroatoms. The van der Waals surface area contributed by atoms with E-state index in [1.165, 1.54) is 5.57 Å². The van der Waals surface area contributed by atoms with E-state index in [4.69, 9.17) is 10.5 Å². The Balaban J connectivity index is 1.11. The zero-order valence-electron chi connectivity index (χ0n) is 34.4. The molecule has 6 N–H and O–H groups in total. The van der Waals surface area contributed by atoms with Crippen molar-refractivity contribution < 1.29 is 24.2 Å². The molecule has 0 aliphatic heterocycles. The number of carbonyl (C=O) groups excluding carboxylic acids is 2. The molecule has 5 aliphatic carbocycles. The molecule has 0 bridgehead atoms. The molecule has 9 nitrogen and oxygen atoms in total. The lowest BCUT2D eigenvalue weighted by Gasteiger charge is -2.72. The van der Waals surface area contributed by atoms with Gasteiger partial charge in [-0.15, -0.1) is 0 Å². The Bertz CT molecular complexity index is 1320. The van der Waals surface area contributed by atoms with Crippen LogP contribution in [0.25, 0.3) is 0 Å². The summed E-state index contributed by atoms with van der Waals surface area (Å²) >= 11 is 0. The molecule has 10 atom stereocenters. The van der Waals surface area contributed by atoms with Crippen LogP contribution in [0.1, 0.15) is 144 Å². The molecule has 0 aromatic heterocycles. The minimum absolute atomic E-state index is 0.0906. The summed E-state index contributed by atoms with van der Waals surface area (Å²) < 4.78 is 6.25. The van der Waals surface area contributed by atoms with E-state index in [1.807, 2.05) is 0 Å². The van der Waals surface area contributed by atoms with Gasteiger partial charge in [0.25, 0.3) is 0 Å². The van der Waals surface area contributed by atoms with Crippen LogP contribution in [0, 0.1) is 56.7 Å². The van der Waals surface area contributed by atoms with Crippen molar-refractivity contribution in [1.82, 2.24) is 16.0 Å². The van der Waals surface area contributed by atoms with Crippen molar-refractivity contribution in [3.8, 4) is 0 Å². The zero-order valence-corrected chi connectivity index (χ0v) is 34.4. The smallest absolute Gasteiger partial charge is 0.309 e. The number of amides is 1. The van der Waals surface area contributed by atoms with Gasteiger partial charge < -0.3 is 31.5 Å². The quantitative estimate of drug-likeness (QED) is 0.0563. The number of carboxylic acids is 1.